The standard InChI is InChI=1S/C14H8Cl4O3/c15-6-1-2-7(13(19)14(20)21)8(3-6)9-4-11(17)12(18)5-10(9)16/h1-5,13,19H,(H,20,21). The molecule has 0 aromatic heterocycles. The maximum absolute atomic E-state index is 11.0. The Kier molecular flexibility index (Phi) is 5.02. The molecule has 0 radical (unpaired) electrons. The summed E-state index contributed by atoms with van der Waals surface area (Å²) in [6.45, 7) is 0. The molecule has 2 rings (SSSR count). The molecule has 0 saturated heterocycles. The van der Waals surface area contributed by atoms with Gasteiger partial charge in [0.15, 0.2) is 6.10 Å². The van der Waals surface area contributed by atoms with Crippen molar-refractivity contribution in [2.45, 2.75) is 6.10 Å². The summed E-state index contributed by atoms with van der Waals surface area (Å²) in [6.07, 6.45) is -1.71. The first-order valence-electron chi connectivity index (χ1n) is 5.66. The molecule has 0 aliphatic heterocycles. The second-order valence-corrected chi connectivity index (χ2v) is 5.88. The van der Waals surface area contributed by atoms with Crippen molar-refractivity contribution in [3.05, 3.63) is 56.0 Å². The molecule has 3 nitrogen and oxygen atoms in total. The van der Waals surface area contributed by atoms with Crippen LogP contribution in [0, 0.1) is 0 Å². The molecule has 0 heterocycles. The number of benzene rings is 2. The molecule has 110 valence electrons. The predicted octanol–water partition coefficient (Wildman–Crippen LogP) is 5.09. The van der Waals surface area contributed by atoms with Gasteiger partial charge < -0.3 is 10.2 Å². The van der Waals surface area contributed by atoms with Crippen LogP contribution in [0.15, 0.2) is 30.3 Å². The van der Waals surface area contributed by atoms with Crippen LogP contribution < -0.4 is 0 Å². The molecule has 2 N–H and O–H groups in total. The molecule has 1 unspecified atom stereocenters. The average Bonchev–Trinajstić information content (AvgIpc) is 2.42. The van der Waals surface area contributed by atoms with E-state index in [1.165, 1.54) is 30.3 Å². The number of carboxylic acids is 1. The number of rotatable bonds is 3. The van der Waals surface area contributed by atoms with E-state index in [0.717, 1.165) is 0 Å². The van der Waals surface area contributed by atoms with Crippen LogP contribution in [-0.2, 0) is 4.79 Å². The van der Waals surface area contributed by atoms with Crippen LogP contribution in [0.1, 0.15) is 11.7 Å². The van der Waals surface area contributed by atoms with Crippen LogP contribution in [0.25, 0.3) is 11.1 Å². The Hall–Kier alpha value is -0.970. The molecule has 7 heteroatoms. The second-order valence-electron chi connectivity index (χ2n) is 4.22. The molecule has 0 bridgehead atoms. The summed E-state index contributed by atoms with van der Waals surface area (Å²) in [5, 5.41) is 19.9. The Balaban J connectivity index is 2.71. The van der Waals surface area contributed by atoms with Gasteiger partial charge in [-0.2, -0.15) is 0 Å². The molecule has 0 spiro atoms. The lowest BCUT2D eigenvalue weighted by Crippen LogP contribution is -2.11. The highest BCUT2D eigenvalue weighted by Gasteiger charge is 2.22. The minimum atomic E-state index is -1.71. The Labute approximate surface area is 140 Å². The van der Waals surface area contributed by atoms with Crippen molar-refractivity contribution in [3.8, 4) is 11.1 Å². The lowest BCUT2D eigenvalue weighted by atomic mass is 9.96. The maximum Gasteiger partial charge on any atom is 0.337 e. The smallest absolute Gasteiger partial charge is 0.337 e. The molecule has 0 fully saturated rings. The average molecular weight is 366 g/mol. The SMILES string of the molecule is O=C(O)C(O)c1ccc(Cl)cc1-c1cc(Cl)c(Cl)cc1Cl. The van der Waals surface area contributed by atoms with Gasteiger partial charge in [0.25, 0.3) is 0 Å². The highest BCUT2D eigenvalue weighted by molar-refractivity contribution is 6.44. The van der Waals surface area contributed by atoms with Crippen LogP contribution in [-0.4, -0.2) is 16.2 Å². The van der Waals surface area contributed by atoms with E-state index in [9.17, 15) is 9.90 Å². The Bertz CT molecular complexity index is 716. The summed E-state index contributed by atoms with van der Waals surface area (Å²) >= 11 is 23.9. The zero-order valence-electron chi connectivity index (χ0n) is 10.3. The predicted molar refractivity (Wildman–Crippen MR) is 84.5 cm³/mol. The fraction of sp³-hybridized carbons (Fsp3) is 0.0714. The molecule has 0 aliphatic rings. The van der Waals surface area contributed by atoms with E-state index in [0.29, 0.717) is 16.1 Å². The first kappa shape index (κ1) is 16.4. The molecule has 2 aromatic carbocycles. The number of aliphatic carboxylic acids is 1. The molecule has 1 atom stereocenters. The number of halogens is 4. The molecule has 21 heavy (non-hydrogen) atoms. The third kappa shape index (κ3) is 3.44. The van der Waals surface area contributed by atoms with Gasteiger partial charge in [0, 0.05) is 15.6 Å². The molecule has 0 aliphatic carbocycles. The van der Waals surface area contributed by atoms with Crippen LogP contribution in [0.4, 0.5) is 0 Å². The lowest BCUT2D eigenvalue weighted by molar-refractivity contribution is -0.146. The lowest BCUT2D eigenvalue weighted by Gasteiger charge is -2.15. The van der Waals surface area contributed by atoms with Crippen molar-refractivity contribution in [1.82, 2.24) is 0 Å². The molecule has 2 aromatic rings. The first-order chi connectivity index (χ1) is 9.81. The fourth-order valence-corrected chi connectivity index (χ4v) is 2.68. The third-order valence-electron chi connectivity index (χ3n) is 2.84. The topological polar surface area (TPSA) is 57.5 Å². The van der Waals surface area contributed by atoms with Gasteiger partial charge in [-0.1, -0.05) is 52.5 Å². The van der Waals surface area contributed by atoms with Crippen LogP contribution in [0.3, 0.4) is 0 Å². The number of aliphatic hydroxyl groups is 1. The van der Waals surface area contributed by atoms with Crippen LogP contribution in [0.2, 0.25) is 20.1 Å². The van der Waals surface area contributed by atoms with Gasteiger partial charge in [0.05, 0.1) is 10.0 Å². The molecular formula is C14H8Cl4O3. The summed E-state index contributed by atoms with van der Waals surface area (Å²) < 4.78 is 0. The minimum absolute atomic E-state index is 0.159. The van der Waals surface area contributed by atoms with Crippen molar-refractivity contribution >= 4 is 52.4 Å². The quantitative estimate of drug-likeness (QED) is 0.745. The van der Waals surface area contributed by atoms with Crippen LogP contribution >= 0.6 is 46.4 Å². The van der Waals surface area contributed by atoms with Gasteiger partial charge in [-0.05, 0) is 35.4 Å². The number of aliphatic hydroxyl groups excluding tert-OH is 1. The normalized spacial score (nSPS) is 12.2. The zero-order valence-corrected chi connectivity index (χ0v) is 13.3. The Morgan fingerprint density at radius 2 is 1.52 bits per heavy atom. The van der Waals surface area contributed by atoms with Crippen molar-refractivity contribution in [3.63, 3.8) is 0 Å². The summed E-state index contributed by atoms with van der Waals surface area (Å²) in [6, 6.07) is 7.36. The zero-order chi connectivity index (χ0) is 15.7. The number of hydrogen-bond donors (Lipinski definition) is 2. The maximum atomic E-state index is 11.0. The van der Waals surface area contributed by atoms with Crippen molar-refractivity contribution in [2.24, 2.45) is 0 Å². The van der Waals surface area contributed by atoms with Crippen LogP contribution in [0.5, 0.6) is 0 Å². The van der Waals surface area contributed by atoms with Gasteiger partial charge >= 0.3 is 5.97 Å². The van der Waals surface area contributed by atoms with Crippen molar-refractivity contribution in [2.75, 3.05) is 0 Å². The van der Waals surface area contributed by atoms with E-state index < -0.39 is 12.1 Å². The van der Waals surface area contributed by atoms with Crippen molar-refractivity contribution in [1.29, 1.82) is 0 Å². The Morgan fingerprint density at radius 1 is 0.905 bits per heavy atom. The summed E-state index contributed by atoms with van der Waals surface area (Å²) in [7, 11) is 0. The van der Waals surface area contributed by atoms with E-state index >= 15 is 0 Å². The summed E-state index contributed by atoms with van der Waals surface area (Å²) in [5.74, 6) is -1.38. The van der Waals surface area contributed by atoms with Gasteiger partial charge in [-0.25, -0.2) is 4.79 Å². The summed E-state index contributed by atoms with van der Waals surface area (Å²) in [5.41, 5.74) is 0.969. The molecule has 0 saturated carbocycles. The van der Waals surface area contributed by atoms with Gasteiger partial charge in [-0.15, -0.1) is 0 Å². The first-order valence-corrected chi connectivity index (χ1v) is 7.17. The number of carbonyl (C=O) groups is 1. The van der Waals surface area contributed by atoms with E-state index in [1.807, 2.05) is 0 Å². The van der Waals surface area contributed by atoms with E-state index in [2.05, 4.69) is 0 Å². The van der Waals surface area contributed by atoms with Gasteiger partial charge in [0.1, 0.15) is 0 Å². The molecular weight excluding hydrogens is 358 g/mol. The van der Waals surface area contributed by atoms with Crippen molar-refractivity contribution < 1.29 is 15.0 Å². The number of carboxylic acid groups (broad SMARTS) is 1. The molecule has 0 amide bonds. The second kappa shape index (κ2) is 6.42. The fourth-order valence-electron chi connectivity index (χ4n) is 1.86. The van der Waals surface area contributed by atoms with E-state index in [4.69, 9.17) is 51.5 Å². The third-order valence-corrected chi connectivity index (χ3v) is 4.11. The highest BCUT2D eigenvalue weighted by Crippen LogP contribution is 2.39. The summed E-state index contributed by atoms with van der Waals surface area (Å²) in [4.78, 5) is 11.0. The Morgan fingerprint density at radius 3 is 2.14 bits per heavy atom. The largest absolute Gasteiger partial charge is 0.479 e. The minimum Gasteiger partial charge on any atom is -0.479 e. The number of hydrogen-bond acceptors (Lipinski definition) is 2. The van der Waals surface area contributed by atoms with Gasteiger partial charge in [-0.3, -0.25) is 0 Å². The van der Waals surface area contributed by atoms with Gasteiger partial charge in [0.2, 0.25) is 0 Å². The van der Waals surface area contributed by atoms with E-state index in [-0.39, 0.29) is 20.6 Å². The van der Waals surface area contributed by atoms with E-state index in [1.54, 1.807) is 0 Å². The highest BCUT2D eigenvalue weighted by atomic mass is 35.5. The monoisotopic (exact) mass is 364 g/mol.